The smallest absolute Gasteiger partial charge is 0.230 e. The summed E-state index contributed by atoms with van der Waals surface area (Å²) in [4.78, 5) is 11.4. The van der Waals surface area contributed by atoms with E-state index in [1.165, 1.54) is 0 Å². The standard InChI is InChI=1S/C11H23NO2S/c1-9(5-6-13)7-12-10(14)8-15-11(2,3)4/h9,13H,5-8H2,1-4H3,(H,12,14). The van der Waals surface area contributed by atoms with Crippen molar-refractivity contribution in [3.8, 4) is 0 Å². The number of aliphatic hydroxyl groups excluding tert-OH is 1. The van der Waals surface area contributed by atoms with E-state index in [0.717, 1.165) is 6.42 Å². The van der Waals surface area contributed by atoms with Crippen molar-refractivity contribution in [2.75, 3.05) is 18.9 Å². The highest BCUT2D eigenvalue weighted by molar-refractivity contribution is 8.01. The summed E-state index contributed by atoms with van der Waals surface area (Å²) in [5, 5.41) is 11.6. The van der Waals surface area contributed by atoms with Gasteiger partial charge in [0.1, 0.15) is 0 Å². The summed E-state index contributed by atoms with van der Waals surface area (Å²) in [7, 11) is 0. The molecule has 0 saturated heterocycles. The molecule has 0 heterocycles. The molecule has 0 aromatic carbocycles. The molecule has 0 aromatic rings. The van der Waals surface area contributed by atoms with Crippen LogP contribution in [0.2, 0.25) is 0 Å². The van der Waals surface area contributed by atoms with Crippen LogP contribution in [0.15, 0.2) is 0 Å². The first-order chi connectivity index (χ1) is 6.85. The fourth-order valence-electron chi connectivity index (χ4n) is 0.944. The van der Waals surface area contributed by atoms with E-state index >= 15 is 0 Å². The normalized spacial score (nSPS) is 13.7. The molecule has 1 amide bonds. The second-order valence-corrected chi connectivity index (χ2v) is 6.62. The molecular formula is C11H23NO2S. The van der Waals surface area contributed by atoms with Crippen LogP contribution in [0.3, 0.4) is 0 Å². The molecule has 1 unspecified atom stereocenters. The molecule has 4 heteroatoms. The lowest BCUT2D eigenvalue weighted by Crippen LogP contribution is -2.31. The number of nitrogens with one attached hydrogen (secondary N) is 1. The first-order valence-corrected chi connectivity index (χ1v) is 6.35. The van der Waals surface area contributed by atoms with Crippen LogP contribution in [0.25, 0.3) is 0 Å². The van der Waals surface area contributed by atoms with Crippen molar-refractivity contribution in [3.05, 3.63) is 0 Å². The molecule has 0 aliphatic carbocycles. The van der Waals surface area contributed by atoms with Gasteiger partial charge in [-0.2, -0.15) is 0 Å². The fraction of sp³-hybridized carbons (Fsp3) is 0.909. The number of amides is 1. The molecule has 0 fully saturated rings. The third-order valence-corrected chi connectivity index (χ3v) is 3.18. The van der Waals surface area contributed by atoms with Crippen LogP contribution in [0, 0.1) is 5.92 Å². The minimum atomic E-state index is 0.0831. The van der Waals surface area contributed by atoms with Crippen molar-refractivity contribution in [3.63, 3.8) is 0 Å². The molecule has 90 valence electrons. The Morgan fingerprint density at radius 1 is 1.47 bits per heavy atom. The van der Waals surface area contributed by atoms with Crippen LogP contribution in [0.5, 0.6) is 0 Å². The second kappa shape index (κ2) is 7.12. The highest BCUT2D eigenvalue weighted by Crippen LogP contribution is 2.22. The first kappa shape index (κ1) is 14.8. The number of hydrogen-bond acceptors (Lipinski definition) is 3. The maximum Gasteiger partial charge on any atom is 0.230 e. The SMILES string of the molecule is CC(CCO)CNC(=O)CSC(C)(C)C. The second-order valence-electron chi connectivity index (χ2n) is 4.82. The van der Waals surface area contributed by atoms with Crippen LogP contribution < -0.4 is 5.32 Å². The van der Waals surface area contributed by atoms with Crippen molar-refractivity contribution in [2.24, 2.45) is 5.92 Å². The van der Waals surface area contributed by atoms with Gasteiger partial charge in [-0.3, -0.25) is 4.79 Å². The molecule has 0 radical (unpaired) electrons. The molecule has 15 heavy (non-hydrogen) atoms. The predicted octanol–water partition coefficient (Wildman–Crippen LogP) is 1.65. The van der Waals surface area contributed by atoms with E-state index < -0.39 is 0 Å². The number of hydrogen-bond donors (Lipinski definition) is 2. The van der Waals surface area contributed by atoms with Gasteiger partial charge < -0.3 is 10.4 Å². The summed E-state index contributed by atoms with van der Waals surface area (Å²) in [5.41, 5.74) is 0. The molecule has 3 nitrogen and oxygen atoms in total. The summed E-state index contributed by atoms with van der Waals surface area (Å²) < 4.78 is 0.133. The summed E-state index contributed by atoms with van der Waals surface area (Å²) >= 11 is 1.65. The summed E-state index contributed by atoms with van der Waals surface area (Å²) in [6.45, 7) is 9.16. The van der Waals surface area contributed by atoms with Crippen molar-refractivity contribution in [2.45, 2.75) is 38.9 Å². The van der Waals surface area contributed by atoms with Crippen molar-refractivity contribution in [1.82, 2.24) is 5.32 Å². The van der Waals surface area contributed by atoms with Gasteiger partial charge in [0, 0.05) is 17.9 Å². The Morgan fingerprint density at radius 2 is 2.07 bits per heavy atom. The number of carbonyl (C=O) groups excluding carboxylic acids is 1. The first-order valence-electron chi connectivity index (χ1n) is 5.36. The van der Waals surface area contributed by atoms with Crippen molar-refractivity contribution < 1.29 is 9.90 Å². The Kier molecular flexibility index (Phi) is 7.02. The fourth-order valence-corrected chi connectivity index (χ4v) is 1.61. The highest BCUT2D eigenvalue weighted by atomic mass is 32.2. The monoisotopic (exact) mass is 233 g/mol. The molecule has 2 N–H and O–H groups in total. The summed E-state index contributed by atoms with van der Waals surface area (Å²) in [5.74, 6) is 0.938. The maximum absolute atomic E-state index is 11.4. The average Bonchev–Trinajstić information content (AvgIpc) is 2.11. The largest absolute Gasteiger partial charge is 0.396 e. The van der Waals surface area contributed by atoms with Crippen molar-refractivity contribution >= 4 is 17.7 Å². The summed E-state index contributed by atoms with van der Waals surface area (Å²) in [6, 6.07) is 0. The van der Waals surface area contributed by atoms with Gasteiger partial charge in [0.2, 0.25) is 5.91 Å². The molecule has 0 saturated carbocycles. The van der Waals surface area contributed by atoms with E-state index in [9.17, 15) is 4.79 Å². The zero-order valence-electron chi connectivity index (χ0n) is 10.2. The van der Waals surface area contributed by atoms with E-state index in [1.807, 2.05) is 6.92 Å². The minimum Gasteiger partial charge on any atom is -0.396 e. The summed E-state index contributed by atoms with van der Waals surface area (Å²) in [6.07, 6.45) is 0.743. The van der Waals surface area contributed by atoms with Gasteiger partial charge in [-0.1, -0.05) is 27.7 Å². The lowest BCUT2D eigenvalue weighted by Gasteiger charge is -2.17. The van der Waals surface area contributed by atoms with Crippen LogP contribution in [0.4, 0.5) is 0 Å². The molecule has 0 aromatic heterocycles. The number of carbonyl (C=O) groups is 1. The van der Waals surface area contributed by atoms with Gasteiger partial charge in [0.15, 0.2) is 0 Å². The lowest BCUT2D eigenvalue weighted by atomic mass is 10.1. The zero-order valence-corrected chi connectivity index (χ0v) is 11.0. The molecule has 1 atom stereocenters. The van der Waals surface area contributed by atoms with Crippen LogP contribution >= 0.6 is 11.8 Å². The molecule has 0 spiro atoms. The van der Waals surface area contributed by atoms with Gasteiger partial charge in [-0.05, 0) is 12.3 Å². The van der Waals surface area contributed by atoms with Gasteiger partial charge in [0.05, 0.1) is 5.75 Å². The van der Waals surface area contributed by atoms with Crippen molar-refractivity contribution in [1.29, 1.82) is 0 Å². The van der Waals surface area contributed by atoms with Crippen LogP contribution in [-0.4, -0.2) is 34.7 Å². The van der Waals surface area contributed by atoms with Crippen LogP contribution in [0.1, 0.15) is 34.1 Å². The Bertz CT molecular complexity index is 190. The van der Waals surface area contributed by atoms with Crippen LogP contribution in [-0.2, 0) is 4.79 Å². The molecule has 0 aliphatic heterocycles. The Balaban J connectivity index is 3.58. The number of aliphatic hydroxyl groups is 1. The van der Waals surface area contributed by atoms with E-state index in [0.29, 0.717) is 18.2 Å². The van der Waals surface area contributed by atoms with Gasteiger partial charge in [-0.15, -0.1) is 11.8 Å². The predicted molar refractivity (Wildman–Crippen MR) is 66.1 cm³/mol. The Morgan fingerprint density at radius 3 is 2.53 bits per heavy atom. The third-order valence-electron chi connectivity index (χ3n) is 1.91. The molecular weight excluding hydrogens is 210 g/mol. The molecule has 0 aliphatic rings. The van der Waals surface area contributed by atoms with E-state index in [2.05, 4.69) is 26.1 Å². The van der Waals surface area contributed by atoms with E-state index in [1.54, 1.807) is 11.8 Å². The maximum atomic E-state index is 11.4. The lowest BCUT2D eigenvalue weighted by molar-refractivity contribution is -0.118. The van der Waals surface area contributed by atoms with Gasteiger partial charge in [-0.25, -0.2) is 0 Å². The van der Waals surface area contributed by atoms with Gasteiger partial charge in [0.25, 0.3) is 0 Å². The minimum absolute atomic E-state index is 0.0831. The van der Waals surface area contributed by atoms with E-state index in [-0.39, 0.29) is 17.3 Å². The molecule has 0 rings (SSSR count). The average molecular weight is 233 g/mol. The van der Waals surface area contributed by atoms with Gasteiger partial charge >= 0.3 is 0 Å². The van der Waals surface area contributed by atoms with E-state index in [4.69, 9.17) is 5.11 Å². The molecule has 0 bridgehead atoms. The zero-order chi connectivity index (χ0) is 11.9. The Labute approximate surface area is 97.0 Å². The quantitative estimate of drug-likeness (QED) is 0.733. The highest BCUT2D eigenvalue weighted by Gasteiger charge is 2.13. The number of rotatable bonds is 6. The number of thioether (sulfide) groups is 1. The third kappa shape index (κ3) is 10.1. The topological polar surface area (TPSA) is 49.3 Å². The Hall–Kier alpha value is -0.220.